The molecule has 1 amide bonds. The minimum atomic E-state index is -0.0000231. The topological polar surface area (TPSA) is 20.3 Å². The average Bonchev–Trinajstić information content (AvgIpc) is 2.69. The number of hydrogen-bond donors (Lipinski definition) is 0. The van der Waals surface area contributed by atoms with E-state index in [0.717, 1.165) is 38.3 Å². The second-order valence-electron chi connectivity index (χ2n) is 9.05. The molecular formula is C17H26BrNO. The first-order chi connectivity index (χ1) is 9.32. The SMILES string of the molecule is CC12CC3CC(C)(C1)CC(C(=O)N1CCC(Br)C1)(C3)C2. The van der Waals surface area contributed by atoms with Crippen molar-refractivity contribution in [3.63, 3.8) is 0 Å². The molecular weight excluding hydrogens is 314 g/mol. The normalized spacial score (nSPS) is 53.6. The molecule has 4 bridgehead atoms. The van der Waals surface area contributed by atoms with Gasteiger partial charge in [0.15, 0.2) is 0 Å². The third-order valence-corrected chi connectivity index (χ3v) is 7.25. The Labute approximate surface area is 130 Å². The van der Waals surface area contributed by atoms with E-state index in [9.17, 15) is 4.79 Å². The van der Waals surface area contributed by atoms with Crippen LogP contribution in [0.1, 0.15) is 58.8 Å². The van der Waals surface area contributed by atoms with Crippen molar-refractivity contribution in [2.45, 2.75) is 63.6 Å². The molecule has 0 aromatic heterocycles. The van der Waals surface area contributed by atoms with E-state index in [1.165, 1.54) is 25.7 Å². The third-order valence-electron chi connectivity index (χ3n) is 6.50. The first-order valence-electron chi connectivity index (χ1n) is 8.25. The van der Waals surface area contributed by atoms with Crippen LogP contribution in [-0.2, 0) is 4.79 Å². The lowest BCUT2D eigenvalue weighted by molar-refractivity contribution is -0.178. The molecule has 112 valence electrons. The van der Waals surface area contributed by atoms with E-state index in [-0.39, 0.29) is 5.41 Å². The molecule has 0 radical (unpaired) electrons. The van der Waals surface area contributed by atoms with Gasteiger partial charge >= 0.3 is 0 Å². The van der Waals surface area contributed by atoms with Crippen LogP contribution in [-0.4, -0.2) is 28.7 Å². The van der Waals surface area contributed by atoms with E-state index in [2.05, 4.69) is 34.7 Å². The Morgan fingerprint density at radius 3 is 2.25 bits per heavy atom. The molecule has 4 saturated carbocycles. The molecule has 0 aromatic carbocycles. The lowest BCUT2D eigenvalue weighted by atomic mass is 9.40. The predicted octanol–water partition coefficient (Wildman–Crippen LogP) is 3.98. The van der Waals surface area contributed by atoms with Gasteiger partial charge in [-0.2, -0.15) is 0 Å². The van der Waals surface area contributed by atoms with Crippen molar-refractivity contribution in [2.75, 3.05) is 13.1 Å². The number of amides is 1. The van der Waals surface area contributed by atoms with Gasteiger partial charge in [0, 0.05) is 17.9 Å². The Balaban J connectivity index is 1.65. The van der Waals surface area contributed by atoms with Crippen LogP contribution in [0.25, 0.3) is 0 Å². The lowest BCUT2D eigenvalue weighted by Gasteiger charge is -2.65. The molecule has 1 heterocycles. The van der Waals surface area contributed by atoms with Crippen molar-refractivity contribution in [1.82, 2.24) is 4.90 Å². The molecule has 2 nitrogen and oxygen atoms in total. The van der Waals surface area contributed by atoms with E-state index in [4.69, 9.17) is 0 Å². The van der Waals surface area contributed by atoms with Gasteiger partial charge in [0.25, 0.3) is 0 Å². The summed E-state index contributed by atoms with van der Waals surface area (Å²) in [6.45, 7) is 6.80. The standard InChI is InChI=1S/C17H26BrNO/c1-15-5-12-6-16(2,9-15)11-17(7-12,10-15)14(20)19-4-3-13(18)8-19/h12-13H,3-11H2,1-2H3. The molecule has 20 heavy (non-hydrogen) atoms. The van der Waals surface area contributed by atoms with Crippen LogP contribution in [0.3, 0.4) is 0 Å². The molecule has 0 spiro atoms. The van der Waals surface area contributed by atoms with Gasteiger partial charge in [-0.1, -0.05) is 29.8 Å². The van der Waals surface area contributed by atoms with E-state index in [0.29, 0.717) is 21.6 Å². The lowest BCUT2D eigenvalue weighted by Crippen LogP contribution is -2.60. The maximum absolute atomic E-state index is 13.2. The molecule has 1 saturated heterocycles. The second kappa shape index (κ2) is 4.02. The maximum atomic E-state index is 13.2. The van der Waals surface area contributed by atoms with Gasteiger partial charge in [0.05, 0.1) is 5.41 Å². The minimum Gasteiger partial charge on any atom is -0.341 e. The molecule has 4 aliphatic carbocycles. The van der Waals surface area contributed by atoms with E-state index in [1.54, 1.807) is 0 Å². The summed E-state index contributed by atoms with van der Waals surface area (Å²) in [5, 5.41) is 0. The number of carbonyl (C=O) groups excluding carboxylic acids is 1. The van der Waals surface area contributed by atoms with Gasteiger partial charge in [-0.05, 0) is 61.7 Å². The molecule has 3 atom stereocenters. The predicted molar refractivity (Wildman–Crippen MR) is 83.8 cm³/mol. The van der Waals surface area contributed by atoms with Crippen LogP contribution in [0.4, 0.5) is 0 Å². The zero-order valence-electron chi connectivity index (χ0n) is 12.8. The van der Waals surface area contributed by atoms with Crippen LogP contribution in [0, 0.1) is 22.2 Å². The highest BCUT2D eigenvalue weighted by Crippen LogP contribution is 2.69. The molecule has 3 unspecified atom stereocenters. The Morgan fingerprint density at radius 1 is 1.10 bits per heavy atom. The molecule has 5 aliphatic rings. The van der Waals surface area contributed by atoms with E-state index >= 15 is 0 Å². The molecule has 5 rings (SSSR count). The molecule has 0 aromatic rings. The van der Waals surface area contributed by atoms with Gasteiger partial charge in [0.1, 0.15) is 0 Å². The van der Waals surface area contributed by atoms with Gasteiger partial charge < -0.3 is 4.90 Å². The van der Waals surface area contributed by atoms with Crippen molar-refractivity contribution in [2.24, 2.45) is 22.2 Å². The summed E-state index contributed by atoms with van der Waals surface area (Å²) >= 11 is 3.68. The Kier molecular flexibility index (Phi) is 2.74. The van der Waals surface area contributed by atoms with E-state index < -0.39 is 0 Å². The number of hydrogen-bond acceptors (Lipinski definition) is 1. The summed E-state index contributed by atoms with van der Waals surface area (Å²) in [5.74, 6) is 1.31. The average molecular weight is 340 g/mol. The van der Waals surface area contributed by atoms with Gasteiger partial charge in [-0.25, -0.2) is 0 Å². The van der Waals surface area contributed by atoms with Crippen molar-refractivity contribution in [3.05, 3.63) is 0 Å². The van der Waals surface area contributed by atoms with Gasteiger partial charge in [-0.3, -0.25) is 4.79 Å². The molecule has 1 aliphatic heterocycles. The third kappa shape index (κ3) is 1.91. The number of carbonyl (C=O) groups is 1. The monoisotopic (exact) mass is 339 g/mol. The van der Waals surface area contributed by atoms with Crippen LogP contribution < -0.4 is 0 Å². The Hall–Kier alpha value is -0.0500. The van der Waals surface area contributed by atoms with Gasteiger partial charge in [0.2, 0.25) is 5.91 Å². The molecule has 5 fully saturated rings. The van der Waals surface area contributed by atoms with Crippen LogP contribution in [0.2, 0.25) is 0 Å². The fourth-order valence-electron chi connectivity index (χ4n) is 6.92. The second-order valence-corrected chi connectivity index (χ2v) is 10.3. The zero-order valence-corrected chi connectivity index (χ0v) is 14.3. The summed E-state index contributed by atoms with van der Waals surface area (Å²) in [7, 11) is 0. The fourth-order valence-corrected chi connectivity index (χ4v) is 7.48. The number of rotatable bonds is 1. The highest BCUT2D eigenvalue weighted by Gasteiger charge is 2.63. The summed E-state index contributed by atoms with van der Waals surface area (Å²) in [5.41, 5.74) is 0.884. The Bertz CT molecular complexity index is 444. The van der Waals surface area contributed by atoms with Crippen molar-refractivity contribution in [1.29, 1.82) is 0 Å². The quantitative estimate of drug-likeness (QED) is 0.661. The van der Waals surface area contributed by atoms with Crippen molar-refractivity contribution in [3.8, 4) is 0 Å². The van der Waals surface area contributed by atoms with E-state index in [1.807, 2.05) is 0 Å². The summed E-state index contributed by atoms with van der Waals surface area (Å²) < 4.78 is 0. The number of alkyl halides is 1. The zero-order chi connectivity index (χ0) is 14.2. The smallest absolute Gasteiger partial charge is 0.228 e. The first-order valence-corrected chi connectivity index (χ1v) is 9.17. The largest absolute Gasteiger partial charge is 0.341 e. The summed E-state index contributed by atoms with van der Waals surface area (Å²) in [4.78, 5) is 15.9. The van der Waals surface area contributed by atoms with Crippen molar-refractivity contribution >= 4 is 21.8 Å². The highest BCUT2D eigenvalue weighted by molar-refractivity contribution is 9.09. The first kappa shape index (κ1) is 13.6. The number of nitrogens with zero attached hydrogens (tertiary/aromatic N) is 1. The minimum absolute atomic E-state index is 0.0000231. The Morgan fingerprint density at radius 2 is 1.75 bits per heavy atom. The van der Waals surface area contributed by atoms with Gasteiger partial charge in [-0.15, -0.1) is 0 Å². The fraction of sp³-hybridized carbons (Fsp3) is 0.941. The summed E-state index contributed by atoms with van der Waals surface area (Å²) in [6.07, 6.45) is 8.73. The molecule has 0 N–H and O–H groups in total. The van der Waals surface area contributed by atoms with Crippen molar-refractivity contribution < 1.29 is 4.79 Å². The summed E-state index contributed by atoms with van der Waals surface area (Å²) in [6, 6.07) is 0. The maximum Gasteiger partial charge on any atom is 0.228 e. The highest BCUT2D eigenvalue weighted by atomic mass is 79.9. The molecule has 3 heteroatoms. The van der Waals surface area contributed by atoms with Crippen LogP contribution >= 0.6 is 15.9 Å². The van der Waals surface area contributed by atoms with Crippen LogP contribution in [0.15, 0.2) is 0 Å². The van der Waals surface area contributed by atoms with Crippen LogP contribution in [0.5, 0.6) is 0 Å². The number of halogens is 1. The number of likely N-dealkylation sites (tertiary alicyclic amines) is 1.